The molecule has 0 spiro atoms. The van der Waals surface area contributed by atoms with Crippen molar-refractivity contribution in [1.29, 1.82) is 0 Å². The predicted octanol–water partition coefficient (Wildman–Crippen LogP) is 3.12. The third kappa shape index (κ3) is 4.07. The smallest absolute Gasteiger partial charge is 0.271 e. The normalized spacial score (nSPS) is 17.1. The molecular weight excluding hydrogens is 388 g/mol. The maximum Gasteiger partial charge on any atom is 0.271 e. The largest absolute Gasteiger partial charge is 0.368 e. The summed E-state index contributed by atoms with van der Waals surface area (Å²) in [5.41, 5.74) is 6.33. The summed E-state index contributed by atoms with van der Waals surface area (Å²) < 4.78 is 0. The highest BCUT2D eigenvalue weighted by Crippen LogP contribution is 2.23. The molecule has 0 unspecified atom stereocenters. The first-order chi connectivity index (χ1) is 14.0. The van der Waals surface area contributed by atoms with Crippen molar-refractivity contribution in [2.24, 2.45) is 0 Å². The Labute approximate surface area is 175 Å². The number of aryl methyl sites for hydroxylation is 1. The highest BCUT2D eigenvalue weighted by molar-refractivity contribution is 6.30. The van der Waals surface area contributed by atoms with Crippen molar-refractivity contribution in [2.75, 3.05) is 36.1 Å². The topological polar surface area (TPSA) is 55.9 Å². The Morgan fingerprint density at radius 2 is 1.69 bits per heavy atom. The van der Waals surface area contributed by atoms with E-state index in [1.54, 1.807) is 6.08 Å². The standard InChI is InChI=1S/C22H23ClN4O2/c1-16-4-2-3-5-20(16)27-21(28)11-10-19(24-27)22(29)26-14-12-25(13-15-26)18-8-6-17(23)7-9-18/h2-10,24H,11-15H2,1H3. The maximum absolute atomic E-state index is 13.0. The quantitative estimate of drug-likeness (QED) is 0.844. The summed E-state index contributed by atoms with van der Waals surface area (Å²) in [7, 11) is 0. The lowest BCUT2D eigenvalue weighted by molar-refractivity contribution is -0.128. The summed E-state index contributed by atoms with van der Waals surface area (Å²) in [6, 6.07) is 15.4. The van der Waals surface area contributed by atoms with Crippen LogP contribution in [0.25, 0.3) is 0 Å². The zero-order valence-electron chi connectivity index (χ0n) is 16.3. The van der Waals surface area contributed by atoms with Crippen molar-refractivity contribution in [2.45, 2.75) is 13.3 Å². The predicted molar refractivity (Wildman–Crippen MR) is 115 cm³/mol. The SMILES string of the molecule is Cc1ccccc1N1NC(C(=O)N2CCN(c3ccc(Cl)cc3)CC2)=CCC1=O. The number of benzene rings is 2. The molecule has 1 saturated heterocycles. The molecule has 6 nitrogen and oxygen atoms in total. The molecule has 0 aromatic heterocycles. The highest BCUT2D eigenvalue weighted by Gasteiger charge is 2.29. The minimum Gasteiger partial charge on any atom is -0.368 e. The van der Waals surface area contributed by atoms with E-state index >= 15 is 0 Å². The molecule has 0 radical (unpaired) electrons. The molecule has 7 heteroatoms. The molecule has 1 fully saturated rings. The molecular formula is C22H23ClN4O2. The van der Waals surface area contributed by atoms with E-state index in [9.17, 15) is 9.59 Å². The van der Waals surface area contributed by atoms with Crippen LogP contribution in [0, 0.1) is 6.92 Å². The van der Waals surface area contributed by atoms with Crippen LogP contribution in [-0.4, -0.2) is 42.9 Å². The van der Waals surface area contributed by atoms with Gasteiger partial charge in [-0.3, -0.25) is 15.0 Å². The lowest BCUT2D eigenvalue weighted by Gasteiger charge is -2.38. The average Bonchev–Trinajstić information content (AvgIpc) is 2.75. The molecule has 2 aromatic carbocycles. The Morgan fingerprint density at radius 1 is 1.00 bits per heavy atom. The molecule has 0 atom stereocenters. The van der Waals surface area contributed by atoms with Gasteiger partial charge in [-0.25, -0.2) is 5.01 Å². The van der Waals surface area contributed by atoms with E-state index in [-0.39, 0.29) is 18.2 Å². The highest BCUT2D eigenvalue weighted by atomic mass is 35.5. The van der Waals surface area contributed by atoms with Gasteiger partial charge in [0.05, 0.1) is 5.69 Å². The van der Waals surface area contributed by atoms with Crippen molar-refractivity contribution in [3.05, 3.63) is 70.9 Å². The minimum absolute atomic E-state index is 0.0770. The van der Waals surface area contributed by atoms with Gasteiger partial charge in [0.25, 0.3) is 5.91 Å². The number of nitrogens with one attached hydrogen (secondary N) is 1. The van der Waals surface area contributed by atoms with Crippen LogP contribution in [-0.2, 0) is 9.59 Å². The van der Waals surface area contributed by atoms with Gasteiger partial charge in [-0.1, -0.05) is 29.8 Å². The third-order valence-electron chi connectivity index (χ3n) is 5.31. The van der Waals surface area contributed by atoms with E-state index in [2.05, 4.69) is 10.3 Å². The molecule has 0 bridgehead atoms. The maximum atomic E-state index is 13.0. The van der Waals surface area contributed by atoms with Gasteiger partial charge in [-0.2, -0.15) is 0 Å². The van der Waals surface area contributed by atoms with Crippen LogP contribution in [0.3, 0.4) is 0 Å². The summed E-state index contributed by atoms with van der Waals surface area (Å²) in [6.07, 6.45) is 1.89. The molecule has 2 aliphatic heterocycles. The second-order valence-corrected chi connectivity index (χ2v) is 7.64. The van der Waals surface area contributed by atoms with Gasteiger partial charge in [0.1, 0.15) is 5.70 Å². The first kappa shape index (κ1) is 19.3. The van der Waals surface area contributed by atoms with E-state index in [1.165, 1.54) is 5.01 Å². The fraction of sp³-hybridized carbons (Fsp3) is 0.273. The summed E-state index contributed by atoms with van der Waals surface area (Å²) in [6.45, 7) is 4.69. The lowest BCUT2D eigenvalue weighted by Crippen LogP contribution is -2.53. The number of anilines is 2. The molecule has 150 valence electrons. The second-order valence-electron chi connectivity index (χ2n) is 7.21. The first-order valence-corrected chi connectivity index (χ1v) is 10.1. The van der Waals surface area contributed by atoms with E-state index in [1.807, 2.05) is 60.4 Å². The molecule has 4 rings (SSSR count). The Balaban J connectivity index is 1.41. The fourth-order valence-corrected chi connectivity index (χ4v) is 3.77. The number of nitrogens with zero attached hydrogens (tertiary/aromatic N) is 3. The molecule has 2 aliphatic rings. The third-order valence-corrected chi connectivity index (χ3v) is 5.56. The summed E-state index contributed by atoms with van der Waals surface area (Å²) in [5.74, 6) is -0.157. The van der Waals surface area contributed by atoms with Crippen LogP contribution in [0.5, 0.6) is 0 Å². The summed E-state index contributed by atoms with van der Waals surface area (Å²) in [5, 5.41) is 2.19. The Hall–Kier alpha value is -2.99. The Bertz CT molecular complexity index is 950. The van der Waals surface area contributed by atoms with E-state index < -0.39 is 0 Å². The molecule has 2 amide bonds. The van der Waals surface area contributed by atoms with Crippen LogP contribution in [0.2, 0.25) is 5.02 Å². The summed E-state index contributed by atoms with van der Waals surface area (Å²) in [4.78, 5) is 29.5. The zero-order valence-corrected chi connectivity index (χ0v) is 17.0. The lowest BCUT2D eigenvalue weighted by atomic mass is 10.1. The van der Waals surface area contributed by atoms with Gasteiger partial charge in [0, 0.05) is 43.3 Å². The molecule has 1 N–H and O–H groups in total. The van der Waals surface area contributed by atoms with Gasteiger partial charge in [0.2, 0.25) is 5.91 Å². The number of hydrazine groups is 1. The van der Waals surface area contributed by atoms with Crippen molar-refractivity contribution in [3.8, 4) is 0 Å². The van der Waals surface area contributed by atoms with Gasteiger partial charge in [-0.05, 0) is 48.9 Å². The van der Waals surface area contributed by atoms with Gasteiger partial charge in [0.15, 0.2) is 0 Å². The number of hydrogen-bond donors (Lipinski definition) is 1. The summed E-state index contributed by atoms with van der Waals surface area (Å²) >= 11 is 5.96. The van der Waals surface area contributed by atoms with Crippen LogP contribution >= 0.6 is 11.6 Å². The molecule has 0 saturated carbocycles. The van der Waals surface area contributed by atoms with Crippen LogP contribution in [0.4, 0.5) is 11.4 Å². The van der Waals surface area contributed by atoms with Crippen molar-refractivity contribution in [3.63, 3.8) is 0 Å². The monoisotopic (exact) mass is 410 g/mol. The van der Waals surface area contributed by atoms with Crippen LogP contribution < -0.4 is 15.3 Å². The molecule has 29 heavy (non-hydrogen) atoms. The number of carbonyl (C=O) groups excluding carboxylic acids is 2. The Kier molecular flexibility index (Phi) is 5.45. The van der Waals surface area contributed by atoms with Gasteiger partial charge in [-0.15, -0.1) is 0 Å². The molecule has 2 heterocycles. The van der Waals surface area contributed by atoms with E-state index in [0.717, 1.165) is 30.0 Å². The van der Waals surface area contributed by atoms with Crippen molar-refractivity contribution in [1.82, 2.24) is 10.3 Å². The van der Waals surface area contributed by atoms with E-state index in [0.29, 0.717) is 23.8 Å². The van der Waals surface area contributed by atoms with Gasteiger partial charge >= 0.3 is 0 Å². The number of halogens is 1. The van der Waals surface area contributed by atoms with Crippen molar-refractivity contribution < 1.29 is 9.59 Å². The minimum atomic E-state index is -0.0802. The number of para-hydroxylation sites is 1. The average molecular weight is 411 g/mol. The van der Waals surface area contributed by atoms with Gasteiger partial charge < -0.3 is 9.80 Å². The second kappa shape index (κ2) is 8.17. The zero-order chi connectivity index (χ0) is 20.4. The fourth-order valence-electron chi connectivity index (χ4n) is 3.64. The molecule has 0 aliphatic carbocycles. The van der Waals surface area contributed by atoms with Crippen molar-refractivity contribution >= 4 is 34.8 Å². The molecule has 2 aromatic rings. The first-order valence-electron chi connectivity index (χ1n) is 9.68. The number of hydrogen-bond acceptors (Lipinski definition) is 4. The number of amides is 2. The Morgan fingerprint density at radius 3 is 2.38 bits per heavy atom. The van der Waals surface area contributed by atoms with Crippen LogP contribution in [0.15, 0.2) is 60.3 Å². The number of piperazine rings is 1. The number of rotatable bonds is 3. The van der Waals surface area contributed by atoms with Crippen LogP contribution in [0.1, 0.15) is 12.0 Å². The number of carbonyl (C=O) groups is 2. The van der Waals surface area contributed by atoms with E-state index in [4.69, 9.17) is 11.6 Å².